The van der Waals surface area contributed by atoms with Gasteiger partial charge in [0, 0.05) is 19.0 Å². The van der Waals surface area contributed by atoms with Crippen molar-refractivity contribution < 1.29 is 18.0 Å². The Kier molecular flexibility index (Phi) is 11.0. The van der Waals surface area contributed by atoms with E-state index in [4.69, 9.17) is 23.2 Å². The molecule has 0 aliphatic carbocycles. The molecule has 0 aliphatic rings. The number of hydrogen-bond donors (Lipinski definition) is 1. The van der Waals surface area contributed by atoms with Gasteiger partial charge in [0.1, 0.15) is 12.6 Å². The van der Waals surface area contributed by atoms with Crippen LogP contribution in [0.25, 0.3) is 0 Å². The number of sulfonamides is 1. The van der Waals surface area contributed by atoms with Crippen molar-refractivity contribution in [3.63, 3.8) is 0 Å². The van der Waals surface area contributed by atoms with Gasteiger partial charge in [-0.3, -0.25) is 13.9 Å². The molecule has 1 N–H and O–H groups in total. The molecule has 3 rings (SSSR count). The Morgan fingerprint density at radius 1 is 0.950 bits per heavy atom. The van der Waals surface area contributed by atoms with Crippen molar-refractivity contribution in [1.82, 2.24) is 10.2 Å². The van der Waals surface area contributed by atoms with Crippen LogP contribution in [-0.2, 0) is 32.6 Å². The molecule has 7 nitrogen and oxygen atoms in total. The summed E-state index contributed by atoms with van der Waals surface area (Å²) in [5, 5.41) is 3.19. The molecule has 10 heteroatoms. The van der Waals surface area contributed by atoms with E-state index in [1.165, 1.54) is 17.0 Å². The van der Waals surface area contributed by atoms with Crippen LogP contribution in [0.3, 0.4) is 0 Å². The van der Waals surface area contributed by atoms with Crippen molar-refractivity contribution in [3.05, 3.63) is 99.5 Å². The second-order valence-electron chi connectivity index (χ2n) is 9.88. The molecule has 2 unspecified atom stereocenters. The standard InChI is InChI=1S/C30H35Cl2N3O4S/c1-5-22(3)33-30(37)27(18-23-12-7-6-8-13-23)34(19-24-14-9-11-21(2)17-24)28(36)20-35(40(4,38)39)26-16-10-15-25(31)29(26)32/h6-17,22,27H,5,18-20H2,1-4H3,(H,33,37). The van der Waals surface area contributed by atoms with Gasteiger partial charge in [0.2, 0.25) is 21.8 Å². The van der Waals surface area contributed by atoms with E-state index in [1.54, 1.807) is 6.07 Å². The fourth-order valence-corrected chi connectivity index (χ4v) is 5.58. The molecule has 0 aliphatic heterocycles. The summed E-state index contributed by atoms with van der Waals surface area (Å²) in [7, 11) is -3.95. The lowest BCUT2D eigenvalue weighted by Gasteiger charge is -2.34. The summed E-state index contributed by atoms with van der Waals surface area (Å²) >= 11 is 12.5. The monoisotopic (exact) mass is 603 g/mol. The zero-order chi connectivity index (χ0) is 29.4. The van der Waals surface area contributed by atoms with E-state index in [0.29, 0.717) is 6.42 Å². The van der Waals surface area contributed by atoms with Gasteiger partial charge in [0.05, 0.1) is 22.0 Å². The minimum Gasteiger partial charge on any atom is -0.352 e. The molecule has 40 heavy (non-hydrogen) atoms. The Labute approximate surface area is 247 Å². The minimum atomic E-state index is -3.95. The fraction of sp³-hybridized carbons (Fsp3) is 0.333. The molecule has 0 aromatic heterocycles. The first-order valence-corrected chi connectivity index (χ1v) is 15.6. The zero-order valence-electron chi connectivity index (χ0n) is 23.1. The summed E-state index contributed by atoms with van der Waals surface area (Å²) in [6.45, 7) is 5.35. The first-order valence-electron chi connectivity index (χ1n) is 13.0. The van der Waals surface area contributed by atoms with Gasteiger partial charge in [0.25, 0.3) is 0 Å². The number of aryl methyl sites for hydroxylation is 1. The van der Waals surface area contributed by atoms with Gasteiger partial charge in [-0.2, -0.15) is 0 Å². The average molecular weight is 605 g/mol. The highest BCUT2D eigenvalue weighted by molar-refractivity contribution is 7.92. The first-order chi connectivity index (χ1) is 18.9. The van der Waals surface area contributed by atoms with Crippen LogP contribution in [0, 0.1) is 6.92 Å². The van der Waals surface area contributed by atoms with Crippen LogP contribution in [0.5, 0.6) is 0 Å². The summed E-state index contributed by atoms with van der Waals surface area (Å²) < 4.78 is 26.7. The fourth-order valence-electron chi connectivity index (χ4n) is 4.28. The van der Waals surface area contributed by atoms with E-state index >= 15 is 0 Å². The largest absolute Gasteiger partial charge is 0.352 e. The van der Waals surface area contributed by atoms with Gasteiger partial charge in [0.15, 0.2) is 0 Å². The van der Waals surface area contributed by atoms with Crippen molar-refractivity contribution in [1.29, 1.82) is 0 Å². The number of halogens is 2. The molecule has 0 saturated carbocycles. The SMILES string of the molecule is CCC(C)NC(=O)C(Cc1ccccc1)N(Cc1cccc(C)c1)C(=O)CN(c1cccc(Cl)c1Cl)S(C)(=O)=O. The third-order valence-electron chi connectivity index (χ3n) is 6.59. The number of anilines is 1. The minimum absolute atomic E-state index is 0.0166. The number of hydrogen-bond acceptors (Lipinski definition) is 4. The van der Waals surface area contributed by atoms with Crippen LogP contribution in [0.2, 0.25) is 10.0 Å². The maximum atomic E-state index is 14.1. The maximum Gasteiger partial charge on any atom is 0.244 e. The van der Waals surface area contributed by atoms with E-state index in [9.17, 15) is 18.0 Å². The Balaban J connectivity index is 2.09. The van der Waals surface area contributed by atoms with Gasteiger partial charge >= 0.3 is 0 Å². The topological polar surface area (TPSA) is 86.8 Å². The molecular formula is C30H35Cl2N3O4S. The summed E-state index contributed by atoms with van der Waals surface area (Å²) in [6.07, 6.45) is 1.96. The van der Waals surface area contributed by atoms with Crippen molar-refractivity contribution in [2.24, 2.45) is 0 Å². The Morgan fingerprint density at radius 2 is 1.60 bits per heavy atom. The summed E-state index contributed by atoms with van der Waals surface area (Å²) in [5.41, 5.74) is 2.77. The average Bonchev–Trinajstić information content (AvgIpc) is 2.90. The van der Waals surface area contributed by atoms with Crippen LogP contribution in [0.1, 0.15) is 37.0 Å². The quantitative estimate of drug-likeness (QED) is 0.291. The molecule has 0 radical (unpaired) electrons. The highest BCUT2D eigenvalue weighted by Crippen LogP contribution is 2.34. The van der Waals surface area contributed by atoms with Gasteiger partial charge in [-0.25, -0.2) is 8.42 Å². The summed E-state index contributed by atoms with van der Waals surface area (Å²) in [6, 6.07) is 20.6. The van der Waals surface area contributed by atoms with Crippen molar-refractivity contribution in [3.8, 4) is 0 Å². The number of nitrogens with zero attached hydrogens (tertiary/aromatic N) is 2. The van der Waals surface area contributed by atoms with Crippen LogP contribution in [0.4, 0.5) is 5.69 Å². The van der Waals surface area contributed by atoms with E-state index in [0.717, 1.165) is 27.3 Å². The number of carbonyl (C=O) groups is 2. The van der Waals surface area contributed by atoms with Gasteiger partial charge < -0.3 is 10.2 Å². The van der Waals surface area contributed by atoms with Crippen molar-refractivity contribution in [2.45, 2.75) is 52.2 Å². The highest BCUT2D eigenvalue weighted by atomic mass is 35.5. The van der Waals surface area contributed by atoms with E-state index in [1.807, 2.05) is 75.4 Å². The smallest absolute Gasteiger partial charge is 0.244 e. The normalized spacial score (nSPS) is 12.8. The van der Waals surface area contributed by atoms with E-state index < -0.39 is 28.5 Å². The molecular weight excluding hydrogens is 569 g/mol. The van der Waals surface area contributed by atoms with Crippen LogP contribution in [0.15, 0.2) is 72.8 Å². The van der Waals surface area contributed by atoms with Crippen molar-refractivity contribution >= 4 is 50.7 Å². The summed E-state index contributed by atoms with van der Waals surface area (Å²) in [4.78, 5) is 29.3. The second-order valence-corrected chi connectivity index (χ2v) is 12.6. The highest BCUT2D eigenvalue weighted by Gasteiger charge is 2.34. The third kappa shape index (κ3) is 8.46. The van der Waals surface area contributed by atoms with E-state index in [2.05, 4.69) is 5.32 Å². The van der Waals surface area contributed by atoms with Gasteiger partial charge in [-0.15, -0.1) is 0 Å². The molecule has 0 spiro atoms. The molecule has 0 bridgehead atoms. The van der Waals surface area contributed by atoms with Crippen LogP contribution in [-0.4, -0.2) is 50.0 Å². The second kappa shape index (κ2) is 14.0. The molecule has 3 aromatic rings. The predicted molar refractivity (Wildman–Crippen MR) is 162 cm³/mol. The van der Waals surface area contributed by atoms with Crippen LogP contribution >= 0.6 is 23.2 Å². The summed E-state index contributed by atoms with van der Waals surface area (Å²) in [5.74, 6) is -0.867. The molecule has 2 atom stereocenters. The van der Waals surface area contributed by atoms with Crippen LogP contribution < -0.4 is 9.62 Å². The molecule has 214 valence electrons. The third-order valence-corrected chi connectivity index (χ3v) is 8.52. The van der Waals surface area contributed by atoms with Gasteiger partial charge in [-0.05, 0) is 43.5 Å². The lowest BCUT2D eigenvalue weighted by molar-refractivity contribution is -0.140. The van der Waals surface area contributed by atoms with Crippen molar-refractivity contribution in [2.75, 3.05) is 17.1 Å². The molecule has 3 aromatic carbocycles. The lowest BCUT2D eigenvalue weighted by Crippen LogP contribution is -2.54. The maximum absolute atomic E-state index is 14.1. The molecule has 0 fully saturated rings. The Bertz CT molecular complexity index is 1430. The number of nitrogens with one attached hydrogen (secondary N) is 1. The number of carbonyl (C=O) groups excluding carboxylic acids is 2. The number of benzene rings is 3. The zero-order valence-corrected chi connectivity index (χ0v) is 25.4. The number of rotatable bonds is 12. The van der Waals surface area contributed by atoms with E-state index in [-0.39, 0.29) is 40.6 Å². The Morgan fingerprint density at radius 3 is 2.23 bits per heavy atom. The Hall–Kier alpha value is -3.07. The van der Waals surface area contributed by atoms with Gasteiger partial charge in [-0.1, -0.05) is 96.4 Å². The molecule has 0 saturated heterocycles. The lowest BCUT2D eigenvalue weighted by atomic mass is 10.0. The first kappa shape index (κ1) is 31.5. The molecule has 0 heterocycles. The predicted octanol–water partition coefficient (Wildman–Crippen LogP) is 5.62. The number of amides is 2. The molecule has 2 amide bonds.